The van der Waals surface area contributed by atoms with E-state index in [-0.39, 0.29) is 17.3 Å². The summed E-state index contributed by atoms with van der Waals surface area (Å²) < 4.78 is 37.2. The normalized spacial score (nSPS) is 12.1. The van der Waals surface area contributed by atoms with Crippen molar-refractivity contribution in [1.29, 1.82) is 0 Å². The van der Waals surface area contributed by atoms with Crippen LogP contribution < -0.4 is 0 Å². The molecule has 0 saturated heterocycles. The van der Waals surface area contributed by atoms with Gasteiger partial charge < -0.3 is 5.11 Å². The Bertz CT molecular complexity index is 375. The summed E-state index contributed by atoms with van der Waals surface area (Å²) in [4.78, 5) is 1.22. The summed E-state index contributed by atoms with van der Waals surface area (Å²) in [7, 11) is 0. The fourth-order valence-electron chi connectivity index (χ4n) is 1.71. The second-order valence-corrected chi connectivity index (χ2v) is 4.47. The number of halogens is 4. The zero-order chi connectivity index (χ0) is 13.8. The molecule has 1 aromatic carbocycles. The van der Waals surface area contributed by atoms with Crippen LogP contribution in [0.15, 0.2) is 18.2 Å². The molecule has 1 N–H and O–H groups in total. The van der Waals surface area contributed by atoms with E-state index in [1.54, 1.807) is 19.1 Å². The fourth-order valence-corrected chi connectivity index (χ4v) is 1.94. The smallest absolute Gasteiger partial charge is 0.401 e. The molecule has 0 spiro atoms. The molecule has 0 saturated carbocycles. The van der Waals surface area contributed by atoms with Crippen LogP contribution in [0.5, 0.6) is 5.75 Å². The van der Waals surface area contributed by atoms with Crippen molar-refractivity contribution in [3.05, 3.63) is 28.8 Å². The maximum atomic E-state index is 12.4. The molecule has 0 amide bonds. The average Bonchev–Trinajstić information content (AvgIpc) is 2.21. The summed E-state index contributed by atoms with van der Waals surface area (Å²) in [6.07, 6.45) is -3.66. The minimum atomic E-state index is -4.26. The van der Waals surface area contributed by atoms with Gasteiger partial charge in [-0.1, -0.05) is 24.6 Å². The summed E-state index contributed by atoms with van der Waals surface area (Å²) >= 11 is 5.88. The van der Waals surface area contributed by atoms with E-state index in [0.717, 1.165) is 0 Å². The lowest BCUT2D eigenvalue weighted by Crippen LogP contribution is -2.34. The van der Waals surface area contributed by atoms with E-state index in [0.29, 0.717) is 18.5 Å². The summed E-state index contributed by atoms with van der Waals surface area (Å²) in [6.45, 7) is 1.07. The average molecular weight is 282 g/mol. The van der Waals surface area contributed by atoms with Gasteiger partial charge in [-0.2, -0.15) is 13.2 Å². The van der Waals surface area contributed by atoms with E-state index in [9.17, 15) is 18.3 Å². The van der Waals surface area contributed by atoms with Crippen LogP contribution in [0.1, 0.15) is 18.9 Å². The van der Waals surface area contributed by atoms with Crippen LogP contribution in [-0.2, 0) is 6.54 Å². The topological polar surface area (TPSA) is 23.5 Å². The van der Waals surface area contributed by atoms with E-state index < -0.39 is 12.7 Å². The molecule has 0 aliphatic heterocycles. The number of phenols is 1. The first-order valence-electron chi connectivity index (χ1n) is 5.59. The van der Waals surface area contributed by atoms with E-state index in [1.807, 2.05) is 0 Å². The summed E-state index contributed by atoms with van der Waals surface area (Å²) in [5.41, 5.74) is 0.330. The zero-order valence-corrected chi connectivity index (χ0v) is 10.7. The van der Waals surface area contributed by atoms with Crippen LogP contribution in [0.25, 0.3) is 0 Å². The molecule has 0 radical (unpaired) electrons. The Morgan fingerprint density at radius 2 is 2.00 bits per heavy atom. The van der Waals surface area contributed by atoms with Crippen LogP contribution in [0.4, 0.5) is 13.2 Å². The maximum absolute atomic E-state index is 12.4. The van der Waals surface area contributed by atoms with E-state index in [4.69, 9.17) is 11.6 Å². The highest BCUT2D eigenvalue weighted by Gasteiger charge is 2.30. The van der Waals surface area contributed by atoms with Crippen molar-refractivity contribution in [3.63, 3.8) is 0 Å². The van der Waals surface area contributed by atoms with E-state index in [1.165, 1.54) is 11.0 Å². The highest BCUT2D eigenvalue weighted by Crippen LogP contribution is 2.28. The van der Waals surface area contributed by atoms with Crippen molar-refractivity contribution >= 4 is 11.6 Å². The number of aromatic hydroxyl groups is 1. The lowest BCUT2D eigenvalue weighted by atomic mass is 10.2. The summed E-state index contributed by atoms with van der Waals surface area (Å²) in [5.74, 6) is -0.0780. The van der Waals surface area contributed by atoms with Crippen LogP contribution in [0.2, 0.25) is 5.02 Å². The third-order valence-electron chi connectivity index (χ3n) is 2.42. The third kappa shape index (κ3) is 4.74. The molecule has 0 bridgehead atoms. The Morgan fingerprint density at radius 1 is 1.33 bits per heavy atom. The van der Waals surface area contributed by atoms with Gasteiger partial charge in [0.25, 0.3) is 0 Å². The summed E-state index contributed by atoms with van der Waals surface area (Å²) in [6, 6.07) is 4.52. The largest absolute Gasteiger partial charge is 0.508 e. The maximum Gasteiger partial charge on any atom is 0.401 e. The van der Waals surface area contributed by atoms with Crippen molar-refractivity contribution in [2.45, 2.75) is 26.1 Å². The van der Waals surface area contributed by atoms with Gasteiger partial charge in [-0.15, -0.1) is 0 Å². The van der Waals surface area contributed by atoms with Gasteiger partial charge in [-0.3, -0.25) is 4.90 Å². The molecule has 0 aromatic heterocycles. The quantitative estimate of drug-likeness (QED) is 0.887. The number of hydrogen-bond donors (Lipinski definition) is 1. The molecule has 102 valence electrons. The van der Waals surface area contributed by atoms with Crippen LogP contribution >= 0.6 is 11.6 Å². The van der Waals surface area contributed by atoms with Crippen molar-refractivity contribution in [1.82, 2.24) is 4.90 Å². The van der Waals surface area contributed by atoms with E-state index in [2.05, 4.69) is 0 Å². The number of rotatable bonds is 5. The number of benzene rings is 1. The predicted octanol–water partition coefficient (Wildman–Crippen LogP) is 3.82. The minimum Gasteiger partial charge on any atom is -0.508 e. The summed E-state index contributed by atoms with van der Waals surface area (Å²) in [5, 5.41) is 9.89. The first kappa shape index (κ1) is 15.1. The SMILES string of the molecule is CCCN(Cc1c(O)cccc1Cl)CC(F)(F)F. The molecule has 1 aromatic rings. The molecule has 6 heteroatoms. The molecule has 0 aliphatic carbocycles. The molecule has 2 nitrogen and oxygen atoms in total. The number of alkyl halides is 3. The van der Waals surface area contributed by atoms with Crippen molar-refractivity contribution in [3.8, 4) is 5.75 Å². The molecule has 0 unspecified atom stereocenters. The van der Waals surface area contributed by atoms with E-state index >= 15 is 0 Å². The number of phenolic OH excluding ortho intramolecular Hbond substituents is 1. The lowest BCUT2D eigenvalue weighted by molar-refractivity contribution is -0.147. The molecule has 0 atom stereocenters. The number of nitrogens with zero attached hydrogens (tertiary/aromatic N) is 1. The van der Waals surface area contributed by atoms with Gasteiger partial charge in [0.1, 0.15) is 5.75 Å². The van der Waals surface area contributed by atoms with Gasteiger partial charge in [0.15, 0.2) is 0 Å². The molecular formula is C12H15ClF3NO. The first-order chi connectivity index (χ1) is 8.33. The highest BCUT2D eigenvalue weighted by molar-refractivity contribution is 6.31. The van der Waals surface area contributed by atoms with Gasteiger partial charge in [0, 0.05) is 17.1 Å². The molecule has 0 heterocycles. The first-order valence-corrected chi connectivity index (χ1v) is 5.96. The van der Waals surface area contributed by atoms with Gasteiger partial charge in [-0.05, 0) is 25.1 Å². The zero-order valence-electron chi connectivity index (χ0n) is 9.97. The van der Waals surface area contributed by atoms with Gasteiger partial charge in [-0.25, -0.2) is 0 Å². The van der Waals surface area contributed by atoms with Gasteiger partial charge in [0.05, 0.1) is 6.54 Å². The fraction of sp³-hybridized carbons (Fsp3) is 0.500. The molecule has 0 aliphatic rings. The molecule has 18 heavy (non-hydrogen) atoms. The van der Waals surface area contributed by atoms with Crippen LogP contribution in [-0.4, -0.2) is 29.3 Å². The van der Waals surface area contributed by atoms with Crippen LogP contribution in [0.3, 0.4) is 0 Å². The third-order valence-corrected chi connectivity index (χ3v) is 2.77. The Labute approximate surface area is 109 Å². The van der Waals surface area contributed by atoms with Crippen molar-refractivity contribution in [2.75, 3.05) is 13.1 Å². The van der Waals surface area contributed by atoms with Crippen molar-refractivity contribution in [2.24, 2.45) is 0 Å². The number of hydrogen-bond acceptors (Lipinski definition) is 2. The predicted molar refractivity (Wildman–Crippen MR) is 64.7 cm³/mol. The van der Waals surface area contributed by atoms with Gasteiger partial charge in [0.2, 0.25) is 0 Å². The Morgan fingerprint density at radius 3 is 2.50 bits per heavy atom. The van der Waals surface area contributed by atoms with Crippen LogP contribution in [0, 0.1) is 0 Å². The highest BCUT2D eigenvalue weighted by atomic mass is 35.5. The Hall–Kier alpha value is -0.940. The minimum absolute atomic E-state index is 0.0150. The second kappa shape index (κ2) is 6.29. The standard InChI is InChI=1S/C12H15ClF3NO/c1-2-6-17(8-12(14,15)16)7-9-10(13)4-3-5-11(9)18/h3-5,18H,2,6-8H2,1H3. The Kier molecular flexibility index (Phi) is 5.28. The monoisotopic (exact) mass is 281 g/mol. The lowest BCUT2D eigenvalue weighted by Gasteiger charge is -2.23. The molecule has 1 rings (SSSR count). The van der Waals surface area contributed by atoms with Crippen molar-refractivity contribution < 1.29 is 18.3 Å². The second-order valence-electron chi connectivity index (χ2n) is 4.06. The molecule has 0 fully saturated rings. The van der Waals surface area contributed by atoms with Gasteiger partial charge >= 0.3 is 6.18 Å². The molecular weight excluding hydrogens is 267 g/mol. The Balaban J connectivity index is 2.83.